The number of hydrogen-bond donors (Lipinski definition) is 3. The molecule has 2 unspecified atom stereocenters. The molecule has 9 heteroatoms. The lowest BCUT2D eigenvalue weighted by atomic mass is 9.82. The fourth-order valence-corrected chi connectivity index (χ4v) is 8.07. The Labute approximate surface area is 175 Å². The van der Waals surface area contributed by atoms with E-state index < -0.39 is 31.1 Å². The summed E-state index contributed by atoms with van der Waals surface area (Å²) in [5, 5.41) is 12.2. The van der Waals surface area contributed by atoms with Gasteiger partial charge in [0.15, 0.2) is 9.84 Å². The van der Waals surface area contributed by atoms with Crippen LogP contribution in [0.2, 0.25) is 0 Å². The molecule has 1 aliphatic heterocycles. The maximum atomic E-state index is 13.3. The van der Waals surface area contributed by atoms with Gasteiger partial charge in [-0.15, -0.1) is 17.7 Å². The number of hydroxylamine groups is 1. The second-order valence-electron chi connectivity index (χ2n) is 7.22. The molecule has 1 aromatic rings. The molecule has 1 saturated carbocycles. The van der Waals surface area contributed by atoms with Gasteiger partial charge in [-0.25, -0.2) is 13.9 Å². The van der Waals surface area contributed by atoms with Crippen LogP contribution in [-0.4, -0.2) is 48.1 Å². The van der Waals surface area contributed by atoms with Crippen molar-refractivity contribution < 1.29 is 23.2 Å². The Morgan fingerprint density at radius 3 is 2.62 bits per heavy atom. The molecule has 158 valence electrons. The fourth-order valence-electron chi connectivity index (χ4n) is 3.97. The highest BCUT2D eigenvalue weighted by molar-refractivity contribution is 8.14. The van der Waals surface area contributed by atoms with Crippen LogP contribution >= 0.6 is 11.8 Å². The number of thioether (sulfide) groups is 1. The van der Waals surface area contributed by atoms with Gasteiger partial charge in [-0.3, -0.25) is 10.0 Å². The van der Waals surface area contributed by atoms with Gasteiger partial charge < -0.3 is 10.1 Å². The van der Waals surface area contributed by atoms with Gasteiger partial charge in [0.05, 0.1) is 4.90 Å². The van der Waals surface area contributed by atoms with Crippen LogP contribution in [0.15, 0.2) is 29.2 Å². The van der Waals surface area contributed by atoms with E-state index in [1.165, 1.54) is 11.8 Å². The van der Waals surface area contributed by atoms with Crippen LogP contribution in [0.3, 0.4) is 0 Å². The number of hydrogen-bond acceptors (Lipinski definition) is 7. The lowest BCUT2D eigenvalue weighted by Crippen LogP contribution is -2.63. The van der Waals surface area contributed by atoms with Crippen LogP contribution in [0.25, 0.3) is 0 Å². The van der Waals surface area contributed by atoms with Gasteiger partial charge in [0, 0.05) is 11.3 Å². The minimum atomic E-state index is -3.61. The molecule has 1 aliphatic carbocycles. The number of carbonyl (C=O) groups excluding carboxylic acids is 1. The number of rotatable bonds is 5. The zero-order valence-corrected chi connectivity index (χ0v) is 17.9. The predicted molar refractivity (Wildman–Crippen MR) is 111 cm³/mol. The molecular weight excluding hydrogens is 412 g/mol. The van der Waals surface area contributed by atoms with E-state index in [-0.39, 0.29) is 18.0 Å². The quantitative estimate of drug-likeness (QED) is 0.367. The Hall–Kier alpha value is -1.73. The summed E-state index contributed by atoms with van der Waals surface area (Å²) in [5.74, 6) is 5.58. The number of sulfone groups is 1. The number of carbonyl (C=O) groups is 1. The van der Waals surface area contributed by atoms with Crippen LogP contribution < -0.4 is 15.5 Å². The molecule has 2 aliphatic rings. The highest BCUT2D eigenvalue weighted by atomic mass is 32.3. The van der Waals surface area contributed by atoms with Crippen molar-refractivity contribution in [1.29, 1.82) is 0 Å². The van der Waals surface area contributed by atoms with E-state index in [9.17, 15) is 13.2 Å². The van der Waals surface area contributed by atoms with E-state index in [4.69, 9.17) is 9.94 Å². The number of benzene rings is 1. The Morgan fingerprint density at radius 1 is 1.31 bits per heavy atom. The summed E-state index contributed by atoms with van der Waals surface area (Å²) in [4.78, 5) is 12.4. The van der Waals surface area contributed by atoms with Crippen molar-refractivity contribution in [1.82, 2.24) is 10.8 Å². The SMILES string of the molecule is CC#CCOc1ccc(S(=O)(=O)C2CNC(C(=O)NO)C3(CCCCC3)S2)cc1. The Morgan fingerprint density at radius 2 is 2.00 bits per heavy atom. The average molecular weight is 439 g/mol. The topological polar surface area (TPSA) is 105 Å². The molecule has 0 aromatic heterocycles. The van der Waals surface area contributed by atoms with Gasteiger partial charge in [0.25, 0.3) is 5.91 Å². The molecule has 2 atom stereocenters. The minimum Gasteiger partial charge on any atom is -0.481 e. The third-order valence-corrected chi connectivity index (χ3v) is 9.82. The molecule has 29 heavy (non-hydrogen) atoms. The van der Waals surface area contributed by atoms with Crippen LogP contribution in [0.1, 0.15) is 39.0 Å². The molecule has 1 amide bonds. The molecular formula is C20H26N2O5S2. The summed E-state index contributed by atoms with van der Waals surface area (Å²) in [7, 11) is -3.61. The third kappa shape index (κ3) is 4.72. The highest BCUT2D eigenvalue weighted by Gasteiger charge is 2.51. The van der Waals surface area contributed by atoms with Gasteiger partial charge in [0.2, 0.25) is 0 Å². The largest absolute Gasteiger partial charge is 0.481 e. The van der Waals surface area contributed by atoms with E-state index in [0.29, 0.717) is 5.75 Å². The number of amides is 1. The first-order chi connectivity index (χ1) is 13.9. The van der Waals surface area contributed by atoms with Crippen molar-refractivity contribution in [2.75, 3.05) is 13.2 Å². The van der Waals surface area contributed by atoms with E-state index >= 15 is 0 Å². The maximum Gasteiger partial charge on any atom is 0.261 e. The molecule has 0 bridgehead atoms. The van der Waals surface area contributed by atoms with Crippen LogP contribution in [-0.2, 0) is 14.6 Å². The summed E-state index contributed by atoms with van der Waals surface area (Å²) >= 11 is 1.36. The molecule has 1 saturated heterocycles. The van der Waals surface area contributed by atoms with E-state index in [0.717, 1.165) is 32.1 Å². The molecule has 3 N–H and O–H groups in total. The number of ether oxygens (including phenoxy) is 1. The summed E-state index contributed by atoms with van der Waals surface area (Å²) in [6.45, 7) is 2.11. The van der Waals surface area contributed by atoms with Crippen molar-refractivity contribution >= 4 is 27.5 Å². The Bertz CT molecular complexity index is 884. The van der Waals surface area contributed by atoms with Gasteiger partial charge in [-0.1, -0.05) is 25.2 Å². The smallest absolute Gasteiger partial charge is 0.261 e. The predicted octanol–water partition coefficient (Wildman–Crippen LogP) is 2.10. The zero-order valence-electron chi connectivity index (χ0n) is 16.3. The lowest BCUT2D eigenvalue weighted by molar-refractivity contribution is -0.132. The summed E-state index contributed by atoms with van der Waals surface area (Å²) < 4.78 is 30.7. The van der Waals surface area contributed by atoms with Crippen molar-refractivity contribution in [2.24, 2.45) is 0 Å². The van der Waals surface area contributed by atoms with Crippen LogP contribution in [0.4, 0.5) is 0 Å². The maximum absolute atomic E-state index is 13.3. The second-order valence-corrected chi connectivity index (χ2v) is 11.3. The molecule has 2 fully saturated rings. The third-order valence-electron chi connectivity index (χ3n) is 5.44. The Balaban J connectivity index is 1.80. The molecule has 3 rings (SSSR count). The van der Waals surface area contributed by atoms with Gasteiger partial charge in [0.1, 0.15) is 23.0 Å². The van der Waals surface area contributed by atoms with E-state index in [1.807, 2.05) is 0 Å². The molecule has 0 radical (unpaired) electrons. The lowest BCUT2D eigenvalue weighted by Gasteiger charge is -2.47. The zero-order chi connectivity index (χ0) is 20.9. The fraction of sp³-hybridized carbons (Fsp3) is 0.550. The molecule has 1 spiro atoms. The van der Waals surface area contributed by atoms with Gasteiger partial charge in [-0.2, -0.15) is 0 Å². The van der Waals surface area contributed by atoms with Crippen molar-refractivity contribution in [2.45, 2.75) is 59.3 Å². The van der Waals surface area contributed by atoms with E-state index in [1.54, 1.807) is 36.7 Å². The van der Waals surface area contributed by atoms with Gasteiger partial charge >= 0.3 is 0 Å². The van der Waals surface area contributed by atoms with Crippen LogP contribution in [0.5, 0.6) is 5.75 Å². The molecule has 1 heterocycles. The van der Waals surface area contributed by atoms with Crippen molar-refractivity contribution in [3.63, 3.8) is 0 Å². The average Bonchev–Trinajstić information content (AvgIpc) is 2.74. The first kappa shape index (κ1) is 22.0. The minimum absolute atomic E-state index is 0.136. The molecule has 7 nitrogen and oxygen atoms in total. The second kappa shape index (κ2) is 9.39. The highest BCUT2D eigenvalue weighted by Crippen LogP contribution is 2.48. The van der Waals surface area contributed by atoms with Crippen molar-refractivity contribution in [3.05, 3.63) is 24.3 Å². The first-order valence-electron chi connectivity index (χ1n) is 9.64. The normalized spacial score (nSPS) is 23.7. The summed E-state index contributed by atoms with van der Waals surface area (Å²) in [6, 6.07) is 5.74. The van der Waals surface area contributed by atoms with Crippen LogP contribution in [0, 0.1) is 11.8 Å². The standard InChI is InChI=1S/C20H26N2O5S2/c1-2-3-13-27-15-7-9-16(10-8-15)29(25,26)17-14-21-18(19(23)22-24)20(28-17)11-5-4-6-12-20/h7-10,17-18,21,24H,4-6,11-14H2,1H3,(H,22,23). The first-order valence-corrected chi connectivity index (χ1v) is 12.1. The summed E-state index contributed by atoms with van der Waals surface area (Å²) in [6.07, 6.45) is 4.41. The Kier molecular flexibility index (Phi) is 7.11. The summed E-state index contributed by atoms with van der Waals surface area (Å²) in [5.41, 5.74) is 1.73. The number of nitrogens with one attached hydrogen (secondary N) is 2. The molecule has 1 aromatic carbocycles. The monoisotopic (exact) mass is 438 g/mol. The van der Waals surface area contributed by atoms with Crippen molar-refractivity contribution in [3.8, 4) is 17.6 Å². The van der Waals surface area contributed by atoms with Gasteiger partial charge in [-0.05, 0) is 44.0 Å². The van der Waals surface area contributed by atoms with E-state index in [2.05, 4.69) is 17.2 Å².